The highest BCUT2D eigenvalue weighted by Crippen LogP contribution is 2.51. The lowest BCUT2D eigenvalue weighted by molar-refractivity contribution is 0.0693. The molecule has 1 aliphatic heterocycles. The van der Waals surface area contributed by atoms with Crippen LogP contribution in [0, 0.1) is 17.0 Å². The van der Waals surface area contributed by atoms with Crippen molar-refractivity contribution >= 4 is 5.97 Å². The normalized spacial score (nSPS) is 14.9. The largest absolute Gasteiger partial charge is 0.507 e. The first-order valence-corrected chi connectivity index (χ1v) is 11.3. The molecule has 2 heterocycles. The molecular formula is C28H24F2N2O3. The van der Waals surface area contributed by atoms with Crippen molar-refractivity contribution in [3.05, 3.63) is 83.4 Å². The fourth-order valence-corrected chi connectivity index (χ4v) is 4.91. The Labute approximate surface area is 201 Å². The molecule has 1 atom stereocenters. The number of carboxylic acids is 1. The van der Waals surface area contributed by atoms with Crippen LogP contribution in [0.2, 0.25) is 0 Å². The number of carboxylic acid groups (broad SMARTS) is 1. The molecule has 0 fully saturated rings. The van der Waals surface area contributed by atoms with Gasteiger partial charge in [0.05, 0.1) is 5.69 Å². The van der Waals surface area contributed by atoms with Gasteiger partial charge in [0.2, 0.25) is 0 Å². The first-order valence-electron chi connectivity index (χ1n) is 11.3. The zero-order valence-corrected chi connectivity index (χ0v) is 19.5. The van der Waals surface area contributed by atoms with E-state index >= 15 is 4.39 Å². The molecule has 7 heteroatoms. The zero-order chi connectivity index (χ0) is 25.1. The number of aromatic nitrogens is 2. The highest BCUT2D eigenvalue weighted by Gasteiger charge is 2.38. The smallest absolute Gasteiger partial charge is 0.339 e. The van der Waals surface area contributed by atoms with Crippen molar-refractivity contribution in [2.45, 2.75) is 33.2 Å². The number of rotatable bonds is 3. The molecule has 35 heavy (non-hydrogen) atoms. The average molecular weight is 475 g/mol. The Kier molecular flexibility index (Phi) is 5.24. The summed E-state index contributed by atoms with van der Waals surface area (Å²) in [6.07, 6.45) is 0. The number of aromatic hydroxyl groups is 1. The Hall–Kier alpha value is -4.00. The molecule has 1 unspecified atom stereocenters. The van der Waals surface area contributed by atoms with E-state index in [4.69, 9.17) is 5.10 Å². The predicted molar refractivity (Wildman–Crippen MR) is 129 cm³/mol. The lowest BCUT2D eigenvalue weighted by Gasteiger charge is -2.36. The SMILES string of the molecule is CC(C)(C)C1Cn2nc(-c3ccccc3F)c(-c3ccccc3F)c2-c2cc(O)c(C(=O)O)cc21. The molecular weight excluding hydrogens is 450 g/mol. The van der Waals surface area contributed by atoms with Crippen molar-refractivity contribution in [2.75, 3.05) is 0 Å². The summed E-state index contributed by atoms with van der Waals surface area (Å²) in [6.45, 7) is 6.50. The third-order valence-electron chi connectivity index (χ3n) is 6.65. The van der Waals surface area contributed by atoms with E-state index < -0.39 is 23.4 Å². The van der Waals surface area contributed by atoms with Gasteiger partial charge in [-0.2, -0.15) is 5.10 Å². The minimum atomic E-state index is -1.24. The molecule has 5 nitrogen and oxygen atoms in total. The van der Waals surface area contributed by atoms with E-state index in [0.717, 1.165) is 5.56 Å². The molecule has 0 amide bonds. The number of benzene rings is 3. The average Bonchev–Trinajstić information content (AvgIpc) is 3.17. The summed E-state index contributed by atoms with van der Waals surface area (Å²) in [7, 11) is 0. The molecule has 3 aromatic carbocycles. The maximum absolute atomic E-state index is 15.2. The van der Waals surface area contributed by atoms with Crippen LogP contribution in [0.1, 0.15) is 42.6 Å². The third kappa shape index (κ3) is 3.67. The minimum absolute atomic E-state index is 0.162. The molecule has 0 radical (unpaired) electrons. The van der Waals surface area contributed by atoms with E-state index in [1.54, 1.807) is 41.1 Å². The Bertz CT molecular complexity index is 1480. The number of phenols is 1. The van der Waals surface area contributed by atoms with Gasteiger partial charge >= 0.3 is 5.97 Å². The molecule has 0 spiro atoms. The van der Waals surface area contributed by atoms with Crippen LogP contribution in [-0.4, -0.2) is 26.0 Å². The van der Waals surface area contributed by atoms with Crippen LogP contribution in [0.3, 0.4) is 0 Å². The van der Waals surface area contributed by atoms with Gasteiger partial charge < -0.3 is 10.2 Å². The van der Waals surface area contributed by atoms with E-state index in [-0.39, 0.29) is 33.7 Å². The number of hydrogen-bond donors (Lipinski definition) is 2. The van der Waals surface area contributed by atoms with Crippen molar-refractivity contribution in [3.8, 4) is 39.4 Å². The molecule has 5 rings (SSSR count). The highest BCUT2D eigenvalue weighted by atomic mass is 19.1. The number of fused-ring (bicyclic) bond motifs is 3. The monoisotopic (exact) mass is 474 g/mol. The molecule has 0 bridgehead atoms. The molecule has 0 aliphatic carbocycles. The van der Waals surface area contributed by atoms with Gasteiger partial charge in [0, 0.05) is 34.7 Å². The van der Waals surface area contributed by atoms with Crippen LogP contribution in [0.4, 0.5) is 8.78 Å². The Morgan fingerprint density at radius 3 is 2.14 bits per heavy atom. The summed E-state index contributed by atoms with van der Waals surface area (Å²) in [4.78, 5) is 11.8. The zero-order valence-electron chi connectivity index (χ0n) is 19.5. The van der Waals surface area contributed by atoms with Gasteiger partial charge in [-0.1, -0.05) is 51.1 Å². The van der Waals surface area contributed by atoms with Gasteiger partial charge in [0.1, 0.15) is 28.6 Å². The molecule has 0 saturated carbocycles. The van der Waals surface area contributed by atoms with Gasteiger partial charge in [-0.25, -0.2) is 13.6 Å². The standard InChI is InChI=1S/C28H24F2N2O3/c1-28(2,3)20-14-32-26(18-13-23(33)19(27(34)35)12-17(18)20)24(15-8-4-6-10-21(15)29)25(31-32)16-9-5-7-11-22(16)30/h4-13,20,33H,14H2,1-3H3,(H,34,35). The first kappa shape index (κ1) is 22.8. The summed E-state index contributed by atoms with van der Waals surface area (Å²) in [5.74, 6) is -2.78. The maximum Gasteiger partial charge on any atom is 0.339 e. The third-order valence-corrected chi connectivity index (χ3v) is 6.65. The van der Waals surface area contributed by atoms with Gasteiger partial charge in [-0.05, 0) is 41.3 Å². The fraction of sp³-hybridized carbons (Fsp3) is 0.214. The van der Waals surface area contributed by atoms with Crippen LogP contribution in [0.5, 0.6) is 5.75 Å². The molecule has 178 valence electrons. The second-order valence-corrected chi connectivity index (χ2v) is 9.89. The van der Waals surface area contributed by atoms with E-state index in [0.29, 0.717) is 23.4 Å². The Morgan fingerprint density at radius 1 is 0.971 bits per heavy atom. The van der Waals surface area contributed by atoms with Crippen molar-refractivity contribution < 1.29 is 23.8 Å². The second kappa shape index (κ2) is 8.05. The van der Waals surface area contributed by atoms with Crippen LogP contribution < -0.4 is 0 Å². The summed E-state index contributed by atoms with van der Waals surface area (Å²) in [5.41, 5.74) is 2.44. The number of carbonyl (C=O) groups is 1. The molecule has 0 saturated heterocycles. The number of nitrogens with zero attached hydrogens (tertiary/aromatic N) is 2. The summed E-state index contributed by atoms with van der Waals surface area (Å²) < 4.78 is 31.8. The quantitative estimate of drug-likeness (QED) is 0.346. The molecule has 1 aliphatic rings. The lowest BCUT2D eigenvalue weighted by atomic mass is 9.72. The first-order chi connectivity index (χ1) is 16.6. The minimum Gasteiger partial charge on any atom is -0.507 e. The van der Waals surface area contributed by atoms with Crippen molar-refractivity contribution in [2.24, 2.45) is 5.41 Å². The molecule has 2 N–H and O–H groups in total. The van der Waals surface area contributed by atoms with Gasteiger partial charge in [0.25, 0.3) is 0 Å². The van der Waals surface area contributed by atoms with Crippen molar-refractivity contribution in [1.82, 2.24) is 9.78 Å². The topological polar surface area (TPSA) is 75.3 Å². The second-order valence-electron chi connectivity index (χ2n) is 9.89. The Balaban J connectivity index is 1.91. The van der Waals surface area contributed by atoms with Gasteiger partial charge in [0.15, 0.2) is 0 Å². The number of halogens is 2. The number of aromatic carboxylic acids is 1. The van der Waals surface area contributed by atoms with Crippen LogP contribution in [0.15, 0.2) is 60.7 Å². The van der Waals surface area contributed by atoms with Gasteiger partial charge in [-0.15, -0.1) is 0 Å². The van der Waals surface area contributed by atoms with Crippen molar-refractivity contribution in [3.63, 3.8) is 0 Å². The van der Waals surface area contributed by atoms with Crippen LogP contribution >= 0.6 is 0 Å². The highest BCUT2D eigenvalue weighted by molar-refractivity contribution is 5.97. The van der Waals surface area contributed by atoms with E-state index in [9.17, 15) is 19.4 Å². The van der Waals surface area contributed by atoms with Crippen molar-refractivity contribution in [1.29, 1.82) is 0 Å². The van der Waals surface area contributed by atoms with E-state index in [1.807, 2.05) is 20.8 Å². The fourth-order valence-electron chi connectivity index (χ4n) is 4.91. The maximum atomic E-state index is 15.2. The summed E-state index contributed by atoms with van der Waals surface area (Å²) >= 11 is 0. The molecule has 4 aromatic rings. The van der Waals surface area contributed by atoms with Crippen LogP contribution in [-0.2, 0) is 6.54 Å². The Morgan fingerprint density at radius 2 is 1.57 bits per heavy atom. The van der Waals surface area contributed by atoms with E-state index in [2.05, 4.69) is 0 Å². The number of hydrogen-bond acceptors (Lipinski definition) is 3. The summed E-state index contributed by atoms with van der Waals surface area (Å²) in [5, 5.41) is 25.0. The van der Waals surface area contributed by atoms with Gasteiger partial charge in [-0.3, -0.25) is 4.68 Å². The predicted octanol–water partition coefficient (Wildman–Crippen LogP) is 6.71. The van der Waals surface area contributed by atoms with E-state index in [1.165, 1.54) is 24.3 Å². The molecule has 1 aromatic heterocycles. The lowest BCUT2D eigenvalue weighted by Crippen LogP contribution is -2.28. The van der Waals surface area contributed by atoms with Crippen LogP contribution in [0.25, 0.3) is 33.6 Å². The summed E-state index contributed by atoms with van der Waals surface area (Å²) in [6, 6.07) is 15.3.